The first-order valence-electron chi connectivity index (χ1n) is 6.19. The van der Waals surface area contributed by atoms with Crippen molar-refractivity contribution in [3.63, 3.8) is 0 Å². The smallest absolute Gasteiger partial charge is 0.290 e. The van der Waals surface area contributed by atoms with Gasteiger partial charge in [0.25, 0.3) is 12.4 Å². The van der Waals surface area contributed by atoms with Gasteiger partial charge in [-0.3, -0.25) is 9.59 Å². The highest BCUT2D eigenvalue weighted by atomic mass is 79.9. The van der Waals surface area contributed by atoms with Gasteiger partial charge in [0.15, 0.2) is 5.95 Å². The summed E-state index contributed by atoms with van der Waals surface area (Å²) < 4.78 is 3.73. The number of carbonyl (C=O) groups is 2. The van der Waals surface area contributed by atoms with Crippen LogP contribution in [0.4, 0.5) is 5.95 Å². The number of fused-ring (bicyclic) bond motifs is 1. The van der Waals surface area contributed by atoms with Crippen molar-refractivity contribution in [3.05, 3.63) is 32.7 Å². The average Bonchev–Trinajstić information content (AvgIpc) is 3.00. The first-order valence-corrected chi connectivity index (χ1v) is 7.78. The number of aromatic amines is 1. The Labute approximate surface area is 142 Å². The molecule has 0 saturated carbocycles. The van der Waals surface area contributed by atoms with Crippen molar-refractivity contribution >= 4 is 50.2 Å². The van der Waals surface area contributed by atoms with E-state index < -0.39 is 0 Å². The van der Waals surface area contributed by atoms with Crippen molar-refractivity contribution in [2.75, 3.05) is 12.3 Å². The fraction of sp³-hybridized carbons (Fsp3) is 0.250. The van der Waals surface area contributed by atoms with Gasteiger partial charge in [0.2, 0.25) is 0 Å². The number of nitrogens with one attached hydrogen (secondary N) is 2. The lowest BCUT2D eigenvalue weighted by atomic mass is 10.1. The molecule has 1 amide bonds. The van der Waals surface area contributed by atoms with E-state index in [4.69, 9.17) is 15.6 Å². The Morgan fingerprint density at radius 3 is 2.82 bits per heavy atom. The van der Waals surface area contributed by atoms with Crippen molar-refractivity contribution in [2.24, 2.45) is 0 Å². The van der Waals surface area contributed by atoms with Crippen molar-refractivity contribution in [3.8, 4) is 0 Å². The molecule has 2 aromatic heterocycles. The first-order chi connectivity index (χ1) is 10.5. The molecule has 3 heterocycles. The van der Waals surface area contributed by atoms with Gasteiger partial charge in [0.05, 0.1) is 21.3 Å². The summed E-state index contributed by atoms with van der Waals surface area (Å²) in [6.07, 6.45) is 2.44. The van der Waals surface area contributed by atoms with Gasteiger partial charge in [0, 0.05) is 18.7 Å². The highest BCUT2D eigenvalue weighted by molar-refractivity contribution is 9.13. The Morgan fingerprint density at radius 1 is 1.55 bits per heavy atom. The monoisotopic (exact) mass is 433 g/mol. The molecule has 8 nitrogen and oxygen atoms in total. The average molecular weight is 435 g/mol. The van der Waals surface area contributed by atoms with Crippen LogP contribution in [-0.2, 0) is 11.2 Å². The predicted molar refractivity (Wildman–Crippen MR) is 86.6 cm³/mol. The number of nitrogens with two attached hydrogens (primary N) is 1. The number of anilines is 1. The van der Waals surface area contributed by atoms with Crippen LogP contribution < -0.4 is 11.1 Å². The van der Waals surface area contributed by atoms with E-state index in [1.165, 1.54) is 0 Å². The maximum Gasteiger partial charge on any atom is 0.290 e. The topological polar surface area (TPSA) is 126 Å². The summed E-state index contributed by atoms with van der Waals surface area (Å²) in [5.74, 6) is 0.342. The number of halogens is 2. The fourth-order valence-corrected chi connectivity index (χ4v) is 3.29. The number of aromatic nitrogens is 3. The molecule has 0 fully saturated rings. The third-order valence-electron chi connectivity index (χ3n) is 3.13. The summed E-state index contributed by atoms with van der Waals surface area (Å²) >= 11 is 6.94. The Morgan fingerprint density at radius 2 is 2.23 bits per heavy atom. The van der Waals surface area contributed by atoms with Crippen molar-refractivity contribution in [1.82, 2.24) is 19.9 Å². The van der Waals surface area contributed by atoms with Crippen LogP contribution in [0.5, 0.6) is 0 Å². The van der Waals surface area contributed by atoms with E-state index in [1.54, 1.807) is 6.20 Å². The lowest BCUT2D eigenvalue weighted by Gasteiger charge is -2.27. The van der Waals surface area contributed by atoms with Crippen molar-refractivity contribution in [2.45, 2.75) is 12.5 Å². The quantitative estimate of drug-likeness (QED) is 0.533. The Hall–Kier alpha value is -1.81. The molecule has 1 aliphatic heterocycles. The van der Waals surface area contributed by atoms with Crippen LogP contribution in [0.25, 0.3) is 0 Å². The van der Waals surface area contributed by atoms with Crippen LogP contribution >= 0.6 is 31.9 Å². The number of nitrogens with zero attached hydrogens (tertiary/aromatic N) is 2. The highest BCUT2D eigenvalue weighted by Crippen LogP contribution is 2.33. The second-order valence-corrected chi connectivity index (χ2v) is 6.11. The molecule has 0 spiro atoms. The lowest BCUT2D eigenvalue weighted by Crippen LogP contribution is -2.39. The summed E-state index contributed by atoms with van der Waals surface area (Å²) in [6, 6.07) is 1.93. The number of imidazole rings is 1. The van der Waals surface area contributed by atoms with Gasteiger partial charge in [-0.25, -0.2) is 4.98 Å². The van der Waals surface area contributed by atoms with E-state index in [0.717, 1.165) is 21.2 Å². The molecule has 1 unspecified atom stereocenters. The molecule has 22 heavy (non-hydrogen) atoms. The van der Waals surface area contributed by atoms with Gasteiger partial charge in [-0.2, -0.15) is 0 Å². The van der Waals surface area contributed by atoms with Crippen LogP contribution in [0.3, 0.4) is 0 Å². The van der Waals surface area contributed by atoms with Crippen LogP contribution in [-0.4, -0.2) is 38.6 Å². The molecular weight excluding hydrogens is 422 g/mol. The first kappa shape index (κ1) is 16.6. The van der Waals surface area contributed by atoms with E-state index in [-0.39, 0.29) is 18.4 Å². The van der Waals surface area contributed by atoms with E-state index in [1.807, 2.05) is 10.6 Å². The Balaban J connectivity index is 0.000000545. The zero-order valence-corrected chi connectivity index (χ0v) is 14.4. The van der Waals surface area contributed by atoms with Crippen LogP contribution in [0, 0.1) is 0 Å². The molecule has 118 valence electrons. The second kappa shape index (κ2) is 6.97. The lowest BCUT2D eigenvalue weighted by molar-refractivity contribution is -0.122. The molecule has 0 saturated heterocycles. The Kier molecular flexibility index (Phi) is 5.24. The minimum Gasteiger partial charge on any atom is -0.483 e. The van der Waals surface area contributed by atoms with Gasteiger partial charge in [-0.15, -0.1) is 0 Å². The molecule has 0 bridgehead atoms. The summed E-state index contributed by atoms with van der Waals surface area (Å²) in [5, 5.41) is 9.78. The van der Waals surface area contributed by atoms with Gasteiger partial charge < -0.3 is 25.7 Å². The third-order valence-corrected chi connectivity index (χ3v) is 5.08. The number of H-pyrrole nitrogens is 1. The number of rotatable bonds is 2. The zero-order valence-electron chi connectivity index (χ0n) is 11.2. The molecule has 0 radical (unpaired) electrons. The Bertz CT molecular complexity index is 697. The number of hydrogen-bond acceptors (Lipinski definition) is 4. The number of hydrogen-bond donors (Lipinski definition) is 4. The van der Waals surface area contributed by atoms with Crippen molar-refractivity contribution < 1.29 is 14.7 Å². The molecule has 3 rings (SSSR count). The molecule has 2 aromatic rings. The molecule has 10 heteroatoms. The minimum atomic E-state index is -0.250. The molecule has 1 atom stereocenters. The highest BCUT2D eigenvalue weighted by Gasteiger charge is 2.28. The fourth-order valence-electron chi connectivity index (χ4n) is 2.29. The van der Waals surface area contributed by atoms with Crippen LogP contribution in [0.15, 0.2) is 21.3 Å². The molecule has 0 aliphatic carbocycles. The van der Waals surface area contributed by atoms with E-state index >= 15 is 0 Å². The molecule has 1 aliphatic rings. The number of nitrogen functional groups attached to an aromatic ring is 1. The van der Waals surface area contributed by atoms with Gasteiger partial charge in [-0.1, -0.05) is 0 Å². The van der Waals surface area contributed by atoms with Crippen molar-refractivity contribution in [1.29, 1.82) is 0 Å². The summed E-state index contributed by atoms with van der Waals surface area (Å²) in [4.78, 5) is 27.2. The zero-order chi connectivity index (χ0) is 16.3. The molecule has 5 N–H and O–H groups in total. The third kappa shape index (κ3) is 3.33. The predicted octanol–water partition coefficient (Wildman–Crippen LogP) is 1.55. The number of carboxylic acid groups (broad SMARTS) is 1. The van der Waals surface area contributed by atoms with Gasteiger partial charge in [-0.05, 0) is 37.9 Å². The summed E-state index contributed by atoms with van der Waals surface area (Å²) in [5.41, 5.74) is 7.16. The normalized spacial score (nSPS) is 16.3. The van der Waals surface area contributed by atoms with E-state index in [9.17, 15) is 4.79 Å². The molecular formula is C12H13Br2N5O3. The van der Waals surface area contributed by atoms with E-state index in [2.05, 4.69) is 47.1 Å². The van der Waals surface area contributed by atoms with E-state index in [0.29, 0.717) is 18.2 Å². The maximum atomic E-state index is 11.8. The minimum absolute atomic E-state index is 0.0632. The second-order valence-electron chi connectivity index (χ2n) is 4.51. The van der Waals surface area contributed by atoms with Crippen LogP contribution in [0.2, 0.25) is 0 Å². The van der Waals surface area contributed by atoms with Gasteiger partial charge in [0.1, 0.15) is 5.69 Å². The SMILES string of the molecule is Nc1ncc(CC2CNC(=O)c3cc(Br)c(Br)n32)[nH]1.O=CO. The molecule has 0 aromatic carbocycles. The standard InChI is InChI=1S/C11H11Br2N5O.CH2O2/c12-7-2-8-10(19)15-4-6(18(8)9(7)13)1-5-3-16-11(14)17-5;2-1-3/h2-3,6H,1,4H2,(H,15,19)(H3,14,16,17);1H,(H,2,3). The summed E-state index contributed by atoms with van der Waals surface area (Å²) in [7, 11) is 0. The number of amides is 1. The van der Waals surface area contributed by atoms with Gasteiger partial charge >= 0.3 is 0 Å². The maximum absolute atomic E-state index is 11.8. The largest absolute Gasteiger partial charge is 0.483 e. The number of carbonyl (C=O) groups excluding carboxylic acids is 1. The summed E-state index contributed by atoms with van der Waals surface area (Å²) in [6.45, 7) is 0.324. The van der Waals surface area contributed by atoms with Crippen LogP contribution in [0.1, 0.15) is 22.2 Å².